The fraction of sp³-hybridized carbons (Fsp3) is 0.444. The molecular formula is C36H45N. The molecular weight excluding hydrogens is 446 g/mol. The largest absolute Gasteiger partial charge is 0.309 e. The molecule has 0 amide bonds. The van der Waals surface area contributed by atoms with Crippen LogP contribution in [0, 0.1) is 23.2 Å². The molecule has 1 nitrogen and oxygen atoms in total. The van der Waals surface area contributed by atoms with E-state index >= 15 is 0 Å². The molecule has 0 bridgehead atoms. The number of fused-ring (bicyclic) bond motifs is 3. The second-order valence-corrected chi connectivity index (χ2v) is 14.7. The summed E-state index contributed by atoms with van der Waals surface area (Å²) in [4.78, 5) is 0. The van der Waals surface area contributed by atoms with E-state index < -0.39 is 0 Å². The fourth-order valence-corrected chi connectivity index (χ4v) is 6.71. The highest BCUT2D eigenvalue weighted by Gasteiger charge is 2.30. The van der Waals surface area contributed by atoms with Crippen LogP contribution in [0.5, 0.6) is 0 Å². The average Bonchev–Trinajstić information content (AvgIpc) is 3.09. The summed E-state index contributed by atoms with van der Waals surface area (Å²) in [7, 11) is 0. The number of rotatable bonds is 5. The summed E-state index contributed by atoms with van der Waals surface area (Å²) in [5.74, 6) is 2.75. The number of benzene rings is 3. The minimum Gasteiger partial charge on any atom is -0.309 e. The normalized spacial score (nSPS) is 13.3. The van der Waals surface area contributed by atoms with Crippen LogP contribution in [0.25, 0.3) is 27.5 Å². The summed E-state index contributed by atoms with van der Waals surface area (Å²) in [5.41, 5.74) is 8.01. The van der Waals surface area contributed by atoms with Crippen molar-refractivity contribution in [1.29, 1.82) is 0 Å². The van der Waals surface area contributed by atoms with E-state index in [1.165, 1.54) is 32.9 Å². The molecule has 0 saturated carbocycles. The first-order valence-corrected chi connectivity index (χ1v) is 13.7. The Morgan fingerprint density at radius 1 is 0.595 bits per heavy atom. The lowest BCUT2D eigenvalue weighted by atomic mass is 9.71. The van der Waals surface area contributed by atoms with E-state index in [4.69, 9.17) is 6.42 Å². The van der Waals surface area contributed by atoms with E-state index in [2.05, 4.69) is 128 Å². The zero-order valence-corrected chi connectivity index (χ0v) is 24.7. The lowest BCUT2D eigenvalue weighted by Crippen LogP contribution is -2.24. The van der Waals surface area contributed by atoms with E-state index in [1.807, 2.05) is 12.1 Å². The molecule has 3 aromatic carbocycles. The van der Waals surface area contributed by atoms with Crippen molar-refractivity contribution in [1.82, 2.24) is 4.57 Å². The molecule has 1 heteroatoms. The second kappa shape index (κ2) is 9.09. The van der Waals surface area contributed by atoms with E-state index in [-0.39, 0.29) is 21.7 Å². The molecule has 37 heavy (non-hydrogen) atoms. The van der Waals surface area contributed by atoms with Gasteiger partial charge in [0.05, 0.1) is 11.0 Å². The van der Waals surface area contributed by atoms with Crippen LogP contribution < -0.4 is 0 Å². The van der Waals surface area contributed by atoms with Gasteiger partial charge in [-0.2, -0.15) is 0 Å². The molecule has 4 aromatic rings. The van der Waals surface area contributed by atoms with E-state index in [0.717, 1.165) is 24.1 Å². The first kappa shape index (κ1) is 27.1. The smallest absolute Gasteiger partial charge is 0.0541 e. The van der Waals surface area contributed by atoms with E-state index in [1.54, 1.807) is 0 Å². The van der Waals surface area contributed by atoms with Crippen molar-refractivity contribution in [3.8, 4) is 18.0 Å². The summed E-state index contributed by atoms with van der Waals surface area (Å²) in [5, 5.41) is 2.65. The van der Waals surface area contributed by atoms with Crippen molar-refractivity contribution in [3.63, 3.8) is 0 Å². The zero-order chi connectivity index (χ0) is 27.4. The molecule has 4 rings (SSSR count). The quantitative estimate of drug-likeness (QED) is 0.245. The minimum absolute atomic E-state index is 0.0818. The Morgan fingerprint density at radius 3 is 1.35 bits per heavy atom. The fourth-order valence-electron chi connectivity index (χ4n) is 6.71. The topological polar surface area (TPSA) is 4.93 Å². The van der Waals surface area contributed by atoms with Gasteiger partial charge in [-0.05, 0) is 94.2 Å². The van der Waals surface area contributed by atoms with Gasteiger partial charge in [0.25, 0.3) is 0 Å². The monoisotopic (exact) mass is 491 g/mol. The molecule has 0 unspecified atom stereocenters. The predicted molar refractivity (Wildman–Crippen MR) is 163 cm³/mol. The molecule has 0 aliphatic carbocycles. The number of hydrogen-bond donors (Lipinski definition) is 0. The summed E-state index contributed by atoms with van der Waals surface area (Å²) in [6.07, 6.45) is 7.90. The summed E-state index contributed by atoms with van der Waals surface area (Å²) < 4.78 is 2.39. The van der Waals surface area contributed by atoms with Gasteiger partial charge in [-0.15, -0.1) is 6.42 Å². The molecule has 0 aliphatic rings. The van der Waals surface area contributed by atoms with Crippen molar-refractivity contribution in [2.75, 3.05) is 0 Å². The Hall–Kier alpha value is -2.98. The van der Waals surface area contributed by atoms with Gasteiger partial charge in [-0.25, -0.2) is 0 Å². The standard InChI is InChI=1S/C36H45N/c1-12-25-13-17-28(18-14-25)37-31-19-15-26(35(8,9)23-33(2,3)4)21-29(31)30-22-27(16-20-32(30)37)36(10,11)24-34(5,6)7/h1,13-22H,23-24H2,2-11H3. The highest BCUT2D eigenvalue weighted by Crippen LogP contribution is 2.42. The van der Waals surface area contributed by atoms with Gasteiger partial charge < -0.3 is 4.57 Å². The van der Waals surface area contributed by atoms with E-state index in [9.17, 15) is 0 Å². The van der Waals surface area contributed by atoms with Crippen LogP contribution in [0.1, 0.15) is 98.8 Å². The Morgan fingerprint density at radius 2 is 1.00 bits per heavy atom. The Labute approximate surface area is 225 Å². The highest BCUT2D eigenvalue weighted by atomic mass is 15.0. The van der Waals surface area contributed by atoms with Gasteiger partial charge >= 0.3 is 0 Å². The number of hydrogen-bond acceptors (Lipinski definition) is 0. The predicted octanol–water partition coefficient (Wildman–Crippen LogP) is 10.2. The van der Waals surface area contributed by atoms with Gasteiger partial charge in [-0.3, -0.25) is 0 Å². The van der Waals surface area contributed by atoms with Crippen LogP contribution in [0.4, 0.5) is 0 Å². The summed E-state index contributed by atoms with van der Waals surface area (Å²) in [6, 6.07) is 22.6. The van der Waals surface area contributed by atoms with E-state index in [0.29, 0.717) is 0 Å². The van der Waals surface area contributed by atoms with Crippen LogP contribution in [0.2, 0.25) is 0 Å². The molecule has 0 N–H and O–H groups in total. The average molecular weight is 492 g/mol. The number of nitrogens with zero attached hydrogens (tertiary/aromatic N) is 1. The summed E-state index contributed by atoms with van der Waals surface area (Å²) >= 11 is 0. The van der Waals surface area contributed by atoms with Crippen molar-refractivity contribution in [3.05, 3.63) is 77.4 Å². The van der Waals surface area contributed by atoms with Gasteiger partial charge in [0.2, 0.25) is 0 Å². The molecule has 0 saturated heterocycles. The van der Waals surface area contributed by atoms with Gasteiger partial charge in [0, 0.05) is 22.0 Å². The van der Waals surface area contributed by atoms with Crippen LogP contribution >= 0.6 is 0 Å². The molecule has 0 atom stereocenters. The number of terminal acetylenes is 1. The molecule has 0 fully saturated rings. The van der Waals surface area contributed by atoms with Crippen LogP contribution in [0.15, 0.2) is 60.7 Å². The maximum absolute atomic E-state index is 5.64. The van der Waals surface area contributed by atoms with Crippen molar-refractivity contribution < 1.29 is 0 Å². The zero-order valence-electron chi connectivity index (χ0n) is 24.7. The van der Waals surface area contributed by atoms with Crippen LogP contribution in [-0.4, -0.2) is 4.57 Å². The first-order chi connectivity index (χ1) is 17.0. The Balaban J connectivity index is 1.99. The van der Waals surface area contributed by atoms with Gasteiger partial charge in [0.15, 0.2) is 0 Å². The minimum atomic E-state index is 0.0818. The Kier molecular flexibility index (Phi) is 6.65. The van der Waals surface area contributed by atoms with Crippen molar-refractivity contribution in [2.24, 2.45) is 10.8 Å². The SMILES string of the molecule is C#Cc1ccc(-n2c3ccc(C(C)(C)CC(C)(C)C)cc3c3cc(C(C)(C)CC(C)(C)C)ccc32)cc1. The third kappa shape index (κ3) is 5.65. The molecule has 0 aliphatic heterocycles. The lowest BCUT2D eigenvalue weighted by Gasteiger charge is -2.33. The van der Waals surface area contributed by atoms with Crippen LogP contribution in [0.3, 0.4) is 0 Å². The number of aromatic nitrogens is 1. The van der Waals surface area contributed by atoms with Gasteiger partial charge in [-0.1, -0.05) is 87.3 Å². The third-order valence-corrected chi connectivity index (χ3v) is 7.56. The molecule has 1 aromatic heterocycles. The first-order valence-electron chi connectivity index (χ1n) is 13.7. The maximum Gasteiger partial charge on any atom is 0.0541 e. The van der Waals surface area contributed by atoms with Crippen molar-refractivity contribution >= 4 is 21.8 Å². The second-order valence-electron chi connectivity index (χ2n) is 14.7. The molecule has 0 radical (unpaired) electrons. The molecule has 0 spiro atoms. The molecule has 194 valence electrons. The maximum atomic E-state index is 5.64. The highest BCUT2D eigenvalue weighted by molar-refractivity contribution is 6.09. The summed E-state index contributed by atoms with van der Waals surface area (Å²) in [6.45, 7) is 23.6. The van der Waals surface area contributed by atoms with Crippen LogP contribution in [-0.2, 0) is 10.8 Å². The molecule has 1 heterocycles. The van der Waals surface area contributed by atoms with Gasteiger partial charge in [0.1, 0.15) is 0 Å². The Bertz CT molecular complexity index is 1380. The van der Waals surface area contributed by atoms with Crippen molar-refractivity contribution in [2.45, 2.75) is 92.9 Å². The lowest BCUT2D eigenvalue weighted by molar-refractivity contribution is 0.283. The third-order valence-electron chi connectivity index (χ3n) is 7.56.